The van der Waals surface area contributed by atoms with Crippen molar-refractivity contribution in [2.75, 3.05) is 5.32 Å². The molecular weight excluding hydrogens is 472 g/mol. The van der Waals surface area contributed by atoms with E-state index in [1.54, 1.807) is 0 Å². The van der Waals surface area contributed by atoms with Crippen molar-refractivity contribution < 1.29 is 14.8 Å². The zero-order chi connectivity index (χ0) is 22.8. The van der Waals surface area contributed by atoms with Gasteiger partial charge in [0.25, 0.3) is 5.69 Å². The van der Waals surface area contributed by atoms with Crippen LogP contribution in [0.3, 0.4) is 0 Å². The lowest BCUT2D eigenvalue weighted by Gasteiger charge is -2.41. The van der Waals surface area contributed by atoms with Gasteiger partial charge in [-0.2, -0.15) is 0 Å². The van der Waals surface area contributed by atoms with E-state index in [0.29, 0.717) is 18.4 Å². The third-order valence-electron chi connectivity index (χ3n) is 6.32. The quantitative estimate of drug-likeness (QED) is 0.355. The molecule has 0 saturated heterocycles. The van der Waals surface area contributed by atoms with E-state index in [1.807, 2.05) is 36.4 Å². The molecule has 7 heteroatoms. The highest BCUT2D eigenvalue weighted by Crippen LogP contribution is 2.53. The number of carbonyl (C=O) groups excluding carboxylic acids is 1. The number of carbonyl (C=O) groups is 1. The first-order chi connectivity index (χ1) is 15.2. The normalized spacial score (nSPS) is 19.3. The number of halogens is 1. The monoisotopic (exact) mass is 491 g/mol. The van der Waals surface area contributed by atoms with Gasteiger partial charge in [0.05, 0.1) is 11.0 Å². The van der Waals surface area contributed by atoms with Gasteiger partial charge in [-0.1, -0.05) is 65.9 Å². The van der Waals surface area contributed by atoms with Crippen LogP contribution in [-0.2, 0) is 4.79 Å². The molecule has 1 heterocycles. The molecule has 0 unspecified atom stereocenters. The van der Waals surface area contributed by atoms with Gasteiger partial charge in [-0.3, -0.25) is 14.9 Å². The van der Waals surface area contributed by atoms with Crippen LogP contribution in [0.15, 0.2) is 58.6 Å². The van der Waals surface area contributed by atoms with Crippen LogP contribution in [0.25, 0.3) is 16.3 Å². The van der Waals surface area contributed by atoms with Crippen LogP contribution < -0.4 is 10.4 Å². The Balaban J connectivity index is 1.82. The molecule has 0 bridgehead atoms. The molecule has 0 saturated carbocycles. The van der Waals surface area contributed by atoms with Crippen LogP contribution in [0.4, 0.5) is 11.4 Å². The Morgan fingerprint density at radius 3 is 2.62 bits per heavy atom. The minimum absolute atomic E-state index is 0.0330. The summed E-state index contributed by atoms with van der Waals surface area (Å²) >= 11 is 3.17. The average Bonchev–Trinajstić information content (AvgIpc) is 2.73. The number of hydrogen-bond acceptors (Lipinski definition) is 5. The first-order valence-corrected chi connectivity index (χ1v) is 11.2. The summed E-state index contributed by atoms with van der Waals surface area (Å²) in [6.07, 6.45) is 1.03. The second kappa shape index (κ2) is 7.17. The molecule has 0 spiro atoms. The van der Waals surface area contributed by atoms with E-state index < -0.39 is 11.0 Å². The molecule has 6 nitrogen and oxygen atoms in total. The highest BCUT2D eigenvalue weighted by Gasteiger charge is 2.41. The molecular formula is C25H20BrN2O4-. The Morgan fingerprint density at radius 2 is 1.88 bits per heavy atom. The molecule has 0 fully saturated rings. The number of nitro benzene ring substituents is 1. The summed E-state index contributed by atoms with van der Waals surface area (Å²) in [5.41, 5.74) is 3.04. The molecule has 0 aromatic heterocycles. The number of ketones is 1. The zero-order valence-electron chi connectivity index (χ0n) is 17.6. The second-order valence-electron chi connectivity index (χ2n) is 9.22. The summed E-state index contributed by atoms with van der Waals surface area (Å²) in [6, 6.07) is 13.7. The number of Topliss-reactive ketones (excluding diaryl/α,β-unsaturated/α-hetero) is 1. The molecule has 5 rings (SSSR count). The summed E-state index contributed by atoms with van der Waals surface area (Å²) in [6.45, 7) is 4.14. The number of allylic oxidation sites excluding steroid dienone is 1. The molecule has 162 valence electrons. The van der Waals surface area contributed by atoms with Crippen LogP contribution in [0, 0.1) is 15.5 Å². The van der Waals surface area contributed by atoms with Gasteiger partial charge in [0.2, 0.25) is 0 Å². The van der Waals surface area contributed by atoms with Crippen molar-refractivity contribution in [2.45, 2.75) is 32.7 Å². The van der Waals surface area contributed by atoms with Gasteiger partial charge in [0.1, 0.15) is 0 Å². The largest absolute Gasteiger partial charge is 0.871 e. The SMILES string of the molecule is CC1(C)CC(=O)C2=C(C1)c1c(ccc3ccccc13)N[C@H]2c1cc([N+](=O)[O-])cc(Br)c1[O-]. The first-order valence-electron chi connectivity index (χ1n) is 10.4. The standard InChI is InChI=1S/C25H21BrN2O4/c1-25(2)11-17-21-15-6-4-3-5-13(15)7-8-19(21)27-23(22(17)20(29)12-25)16-9-14(28(31)32)10-18(26)24(16)30/h3-10,23,27,30H,11-12H2,1-2H3/p-1/t23-/m0/s1. The number of rotatable bonds is 2. The molecule has 1 N–H and O–H groups in total. The summed E-state index contributed by atoms with van der Waals surface area (Å²) in [5, 5.41) is 30.0. The number of non-ortho nitro benzene ring substituents is 1. The van der Waals surface area contributed by atoms with Gasteiger partial charge in [0.15, 0.2) is 5.78 Å². The fraction of sp³-hybridized carbons (Fsp3) is 0.240. The molecule has 0 radical (unpaired) electrons. The lowest BCUT2D eigenvalue weighted by Crippen LogP contribution is -2.33. The van der Waals surface area contributed by atoms with Gasteiger partial charge in [-0.05, 0) is 39.8 Å². The number of nitro groups is 1. The second-order valence-corrected chi connectivity index (χ2v) is 10.1. The van der Waals surface area contributed by atoms with E-state index in [2.05, 4.69) is 35.1 Å². The summed E-state index contributed by atoms with van der Waals surface area (Å²) < 4.78 is 0.110. The minimum Gasteiger partial charge on any atom is -0.871 e. The van der Waals surface area contributed by atoms with Crippen LogP contribution in [-0.4, -0.2) is 10.7 Å². The van der Waals surface area contributed by atoms with Crippen molar-refractivity contribution >= 4 is 49.4 Å². The van der Waals surface area contributed by atoms with Gasteiger partial charge < -0.3 is 10.4 Å². The van der Waals surface area contributed by atoms with Crippen LogP contribution in [0.1, 0.15) is 43.9 Å². The number of fused-ring (bicyclic) bond motifs is 4. The van der Waals surface area contributed by atoms with E-state index in [9.17, 15) is 20.0 Å². The molecule has 32 heavy (non-hydrogen) atoms. The predicted molar refractivity (Wildman–Crippen MR) is 125 cm³/mol. The molecule has 3 aromatic carbocycles. The van der Waals surface area contributed by atoms with E-state index in [4.69, 9.17) is 0 Å². The summed E-state index contributed by atoms with van der Waals surface area (Å²) in [5.74, 6) is -0.392. The van der Waals surface area contributed by atoms with Crippen LogP contribution in [0.5, 0.6) is 5.75 Å². The maximum atomic E-state index is 13.4. The van der Waals surface area contributed by atoms with Crippen molar-refractivity contribution in [3.63, 3.8) is 0 Å². The Kier molecular flexibility index (Phi) is 4.64. The van der Waals surface area contributed by atoms with E-state index in [1.165, 1.54) is 12.1 Å². The lowest BCUT2D eigenvalue weighted by molar-refractivity contribution is -0.385. The average molecular weight is 492 g/mol. The van der Waals surface area contributed by atoms with Crippen molar-refractivity contribution in [3.8, 4) is 5.75 Å². The van der Waals surface area contributed by atoms with Crippen LogP contribution in [0.2, 0.25) is 0 Å². The predicted octanol–water partition coefficient (Wildman–Crippen LogP) is 5.89. The summed E-state index contributed by atoms with van der Waals surface area (Å²) in [7, 11) is 0. The van der Waals surface area contributed by atoms with Gasteiger partial charge >= 0.3 is 0 Å². The van der Waals surface area contributed by atoms with E-state index >= 15 is 0 Å². The highest BCUT2D eigenvalue weighted by atomic mass is 79.9. The highest BCUT2D eigenvalue weighted by molar-refractivity contribution is 9.10. The maximum absolute atomic E-state index is 13.4. The third kappa shape index (κ3) is 3.19. The Bertz CT molecular complexity index is 1360. The molecule has 1 aliphatic heterocycles. The smallest absolute Gasteiger partial charge is 0.270 e. The number of benzene rings is 3. The van der Waals surface area contributed by atoms with E-state index in [0.717, 1.165) is 27.6 Å². The van der Waals surface area contributed by atoms with Crippen molar-refractivity contribution in [1.29, 1.82) is 0 Å². The Labute approximate surface area is 193 Å². The molecule has 1 atom stereocenters. The summed E-state index contributed by atoms with van der Waals surface area (Å²) in [4.78, 5) is 24.4. The number of anilines is 1. The fourth-order valence-corrected chi connectivity index (χ4v) is 5.45. The topological polar surface area (TPSA) is 95.3 Å². The van der Waals surface area contributed by atoms with Gasteiger partial charge in [-0.25, -0.2) is 0 Å². The molecule has 0 amide bonds. The molecule has 1 aliphatic carbocycles. The minimum atomic E-state index is -0.744. The number of nitrogens with one attached hydrogen (secondary N) is 1. The zero-order valence-corrected chi connectivity index (χ0v) is 19.2. The Hall–Kier alpha value is -3.19. The maximum Gasteiger partial charge on any atom is 0.270 e. The molecule has 2 aliphatic rings. The number of hydrogen-bond donors (Lipinski definition) is 1. The van der Waals surface area contributed by atoms with Crippen molar-refractivity contribution in [2.24, 2.45) is 5.41 Å². The van der Waals surface area contributed by atoms with Gasteiger partial charge in [0, 0.05) is 39.9 Å². The van der Waals surface area contributed by atoms with Crippen LogP contribution >= 0.6 is 15.9 Å². The third-order valence-corrected chi connectivity index (χ3v) is 6.91. The first kappa shape index (κ1) is 20.7. The molecule has 3 aromatic rings. The van der Waals surface area contributed by atoms with E-state index in [-0.39, 0.29) is 32.7 Å². The fourth-order valence-electron chi connectivity index (χ4n) is 4.99. The Morgan fingerprint density at radius 1 is 1.12 bits per heavy atom. The van der Waals surface area contributed by atoms with Crippen molar-refractivity contribution in [3.05, 3.63) is 79.8 Å². The van der Waals surface area contributed by atoms with Crippen molar-refractivity contribution in [1.82, 2.24) is 0 Å². The lowest BCUT2D eigenvalue weighted by atomic mass is 9.67. The van der Waals surface area contributed by atoms with Gasteiger partial charge in [-0.15, -0.1) is 0 Å². The number of nitrogens with zero attached hydrogens (tertiary/aromatic N) is 1.